The van der Waals surface area contributed by atoms with Gasteiger partial charge in [0.2, 0.25) is 5.43 Å². The molecule has 0 atom stereocenters. The fourth-order valence-electron chi connectivity index (χ4n) is 4.13. The third-order valence-corrected chi connectivity index (χ3v) is 5.65. The Balaban J connectivity index is 1.38. The van der Waals surface area contributed by atoms with E-state index < -0.39 is 0 Å². The number of carbonyl (C=O) groups excluding carboxylic acids is 1. The molecule has 0 saturated carbocycles. The van der Waals surface area contributed by atoms with Crippen molar-refractivity contribution in [2.24, 2.45) is 0 Å². The molecule has 0 N–H and O–H groups in total. The van der Waals surface area contributed by atoms with Gasteiger partial charge in [-0.3, -0.25) is 9.59 Å². The van der Waals surface area contributed by atoms with Gasteiger partial charge in [0.1, 0.15) is 17.1 Å². The highest BCUT2D eigenvalue weighted by Crippen LogP contribution is 2.28. The summed E-state index contributed by atoms with van der Waals surface area (Å²) in [6.45, 7) is 2.37. The molecular weight excluding hydrogens is 390 g/mol. The van der Waals surface area contributed by atoms with Crippen LogP contribution in [0.3, 0.4) is 0 Å². The molecule has 31 heavy (non-hydrogen) atoms. The third kappa shape index (κ3) is 3.48. The van der Waals surface area contributed by atoms with Crippen LogP contribution in [0.15, 0.2) is 82.0 Å². The first-order chi connectivity index (χ1) is 15.1. The van der Waals surface area contributed by atoms with Crippen LogP contribution in [0.1, 0.15) is 11.3 Å². The average molecular weight is 411 g/mol. The zero-order chi connectivity index (χ0) is 21.4. The van der Waals surface area contributed by atoms with Crippen molar-refractivity contribution in [3.8, 4) is 16.9 Å². The van der Waals surface area contributed by atoms with Gasteiger partial charge >= 0.3 is 0 Å². The van der Waals surface area contributed by atoms with E-state index in [4.69, 9.17) is 9.15 Å². The van der Waals surface area contributed by atoms with Crippen molar-refractivity contribution < 1.29 is 13.9 Å². The number of nitrogens with zero attached hydrogens (tertiary/aromatic N) is 1. The van der Waals surface area contributed by atoms with E-state index in [9.17, 15) is 9.59 Å². The van der Waals surface area contributed by atoms with Gasteiger partial charge in [-0.2, -0.15) is 0 Å². The number of amides is 1. The number of para-hydroxylation sites is 1. The summed E-state index contributed by atoms with van der Waals surface area (Å²) in [5.74, 6) is 0.941. The molecule has 1 aliphatic heterocycles. The fourth-order valence-corrected chi connectivity index (χ4v) is 4.13. The number of benzene rings is 3. The van der Waals surface area contributed by atoms with Crippen molar-refractivity contribution in [1.82, 2.24) is 0 Å². The highest BCUT2D eigenvalue weighted by Gasteiger charge is 2.24. The molecule has 154 valence electrons. The lowest BCUT2D eigenvalue weighted by atomic mass is 10.0. The van der Waals surface area contributed by atoms with Crippen molar-refractivity contribution in [1.29, 1.82) is 0 Å². The first kappa shape index (κ1) is 19.1. The lowest BCUT2D eigenvalue weighted by Gasteiger charge is -2.17. The van der Waals surface area contributed by atoms with Crippen LogP contribution in [-0.2, 0) is 11.2 Å². The second-order valence-corrected chi connectivity index (χ2v) is 7.60. The van der Waals surface area contributed by atoms with Crippen LogP contribution in [0.5, 0.6) is 5.75 Å². The number of fused-ring (bicyclic) bond motifs is 2. The largest absolute Gasteiger partial charge is 0.484 e. The summed E-state index contributed by atoms with van der Waals surface area (Å²) in [7, 11) is 0. The Kier molecular flexibility index (Phi) is 4.79. The summed E-state index contributed by atoms with van der Waals surface area (Å²) in [5, 5.41) is 0.483. The highest BCUT2D eigenvalue weighted by molar-refractivity contribution is 5.96. The topological polar surface area (TPSA) is 59.8 Å². The van der Waals surface area contributed by atoms with E-state index in [2.05, 4.69) is 0 Å². The standard InChI is InChI=1S/C26H21NO4/c1-17-25(19-8-3-2-4-9-19)26(29)21-12-11-20(15-23(21)31-17)30-16-24(28)27-14-13-18-7-5-6-10-22(18)27/h2-12,15H,13-14,16H2,1H3. The number of rotatable bonds is 4. The molecule has 2 heterocycles. The van der Waals surface area contributed by atoms with Gasteiger partial charge in [0.05, 0.1) is 10.9 Å². The van der Waals surface area contributed by atoms with Crippen LogP contribution in [0.25, 0.3) is 22.1 Å². The molecule has 4 aromatic rings. The van der Waals surface area contributed by atoms with Crippen LogP contribution in [0, 0.1) is 6.92 Å². The molecule has 1 aromatic heterocycles. The lowest BCUT2D eigenvalue weighted by molar-refractivity contribution is -0.120. The molecule has 3 aromatic carbocycles. The monoisotopic (exact) mass is 411 g/mol. The van der Waals surface area contributed by atoms with Gasteiger partial charge in [-0.25, -0.2) is 0 Å². The van der Waals surface area contributed by atoms with Crippen LogP contribution in [0.4, 0.5) is 5.69 Å². The van der Waals surface area contributed by atoms with E-state index in [1.165, 1.54) is 5.56 Å². The summed E-state index contributed by atoms with van der Waals surface area (Å²) in [5.41, 5.74) is 3.87. The van der Waals surface area contributed by atoms with Gasteiger partial charge in [-0.05, 0) is 42.7 Å². The van der Waals surface area contributed by atoms with Crippen molar-refractivity contribution in [2.75, 3.05) is 18.1 Å². The first-order valence-electron chi connectivity index (χ1n) is 10.3. The maximum atomic E-state index is 13.1. The molecule has 0 aliphatic carbocycles. The molecule has 1 amide bonds. The Morgan fingerprint density at radius 2 is 1.81 bits per heavy atom. The minimum atomic E-state index is -0.0953. The van der Waals surface area contributed by atoms with E-state index in [1.807, 2.05) is 54.6 Å². The van der Waals surface area contributed by atoms with Crippen molar-refractivity contribution in [3.05, 3.63) is 94.3 Å². The van der Waals surface area contributed by atoms with Crippen molar-refractivity contribution in [2.45, 2.75) is 13.3 Å². The predicted octanol–water partition coefficient (Wildman–Crippen LogP) is 4.74. The maximum absolute atomic E-state index is 13.1. The Morgan fingerprint density at radius 1 is 1.03 bits per heavy atom. The van der Waals surface area contributed by atoms with E-state index in [1.54, 1.807) is 30.0 Å². The third-order valence-electron chi connectivity index (χ3n) is 5.65. The number of hydrogen-bond acceptors (Lipinski definition) is 4. The van der Waals surface area contributed by atoms with Crippen LogP contribution < -0.4 is 15.1 Å². The fraction of sp³-hybridized carbons (Fsp3) is 0.154. The normalized spacial score (nSPS) is 12.7. The van der Waals surface area contributed by atoms with Crippen molar-refractivity contribution >= 4 is 22.6 Å². The molecule has 0 radical (unpaired) electrons. The number of anilines is 1. The first-order valence-corrected chi connectivity index (χ1v) is 10.3. The minimum absolute atomic E-state index is 0.0782. The minimum Gasteiger partial charge on any atom is -0.484 e. The molecule has 5 rings (SSSR count). The summed E-state index contributed by atoms with van der Waals surface area (Å²) >= 11 is 0. The molecule has 5 heteroatoms. The van der Waals surface area contributed by atoms with Crippen molar-refractivity contribution in [3.63, 3.8) is 0 Å². The van der Waals surface area contributed by atoms with Gasteiger partial charge < -0.3 is 14.1 Å². The molecule has 5 nitrogen and oxygen atoms in total. The Bertz CT molecular complexity index is 1340. The SMILES string of the molecule is Cc1oc2cc(OCC(=O)N3CCc4ccccc43)ccc2c(=O)c1-c1ccccc1. The molecule has 0 saturated heterocycles. The van der Waals surface area contributed by atoms with Gasteiger partial charge in [0, 0.05) is 18.3 Å². The maximum Gasteiger partial charge on any atom is 0.264 e. The smallest absolute Gasteiger partial charge is 0.264 e. The van der Waals surface area contributed by atoms with E-state index >= 15 is 0 Å². The Hall–Kier alpha value is -3.86. The molecule has 0 spiro atoms. The molecule has 0 unspecified atom stereocenters. The summed E-state index contributed by atoms with van der Waals surface area (Å²) in [6, 6.07) is 22.5. The van der Waals surface area contributed by atoms with E-state index in [-0.39, 0.29) is 17.9 Å². The van der Waals surface area contributed by atoms with E-state index in [0.717, 1.165) is 17.7 Å². The number of aryl methyl sites for hydroxylation is 1. The van der Waals surface area contributed by atoms with Crippen LogP contribution >= 0.6 is 0 Å². The summed E-state index contributed by atoms with van der Waals surface area (Å²) < 4.78 is 11.7. The molecule has 1 aliphatic rings. The predicted molar refractivity (Wildman–Crippen MR) is 121 cm³/mol. The second kappa shape index (κ2) is 7.76. The van der Waals surface area contributed by atoms with Crippen LogP contribution in [-0.4, -0.2) is 19.1 Å². The summed E-state index contributed by atoms with van der Waals surface area (Å²) in [6.07, 6.45) is 0.853. The van der Waals surface area contributed by atoms with E-state index in [0.29, 0.717) is 34.6 Å². The number of ether oxygens (including phenoxy) is 1. The van der Waals surface area contributed by atoms with Gasteiger partial charge in [-0.1, -0.05) is 48.5 Å². The number of carbonyl (C=O) groups is 1. The lowest BCUT2D eigenvalue weighted by Crippen LogP contribution is -2.33. The zero-order valence-electron chi connectivity index (χ0n) is 17.1. The van der Waals surface area contributed by atoms with Gasteiger partial charge in [0.15, 0.2) is 6.61 Å². The van der Waals surface area contributed by atoms with Gasteiger partial charge in [-0.15, -0.1) is 0 Å². The average Bonchev–Trinajstić information content (AvgIpc) is 3.22. The highest BCUT2D eigenvalue weighted by atomic mass is 16.5. The summed E-state index contributed by atoms with van der Waals surface area (Å²) in [4.78, 5) is 27.5. The van der Waals surface area contributed by atoms with Gasteiger partial charge in [0.25, 0.3) is 5.91 Å². The zero-order valence-corrected chi connectivity index (χ0v) is 17.1. The number of hydrogen-bond donors (Lipinski definition) is 0. The Labute approximate surface area is 179 Å². The molecule has 0 fully saturated rings. The van der Waals surface area contributed by atoms with Crippen LogP contribution in [0.2, 0.25) is 0 Å². The second-order valence-electron chi connectivity index (χ2n) is 7.60. The molecular formula is C26H21NO4. The molecule has 0 bridgehead atoms. The Morgan fingerprint density at radius 3 is 2.65 bits per heavy atom. The quantitative estimate of drug-likeness (QED) is 0.487.